The highest BCUT2D eigenvalue weighted by molar-refractivity contribution is 6.12. The highest BCUT2D eigenvalue weighted by Gasteiger charge is 2.52. The molecule has 1 amide bonds. The minimum Gasteiger partial charge on any atom is -0.386 e. The Morgan fingerprint density at radius 2 is 1.43 bits per heavy atom. The predicted octanol–water partition coefficient (Wildman–Crippen LogP) is 4.96. The number of rotatable bonds is 35. The molecule has 1 aliphatic heterocycles. The van der Waals surface area contributed by atoms with Gasteiger partial charge in [0.15, 0.2) is 11.6 Å². The molecule has 0 aromatic heterocycles. The summed E-state index contributed by atoms with van der Waals surface area (Å²) in [6.45, 7) is 23.6. The van der Waals surface area contributed by atoms with Crippen molar-refractivity contribution >= 4 is 29.4 Å². The SMILES string of the molecule is CCC(N)NC(CCCCNC(=O)CCC1=C(C)C(=O)OC1=O)C(=O)C(C)(CC)C(N)(CC)NC(CCCCN)C(=O)C(C)(CC)NCCCC(C)(C)OCCC(C)(C)OC. The molecule has 0 radical (unpaired) electrons. The van der Waals surface area contributed by atoms with Gasteiger partial charge in [-0.2, -0.15) is 0 Å². The first-order valence-corrected chi connectivity index (χ1v) is 23.0. The maximum atomic E-state index is 14.9. The van der Waals surface area contributed by atoms with E-state index in [0.717, 1.165) is 32.1 Å². The fourth-order valence-electron chi connectivity index (χ4n) is 7.70. The van der Waals surface area contributed by atoms with Crippen molar-refractivity contribution in [2.45, 2.75) is 213 Å². The number of amides is 1. The van der Waals surface area contributed by atoms with E-state index in [9.17, 15) is 24.0 Å². The van der Waals surface area contributed by atoms with E-state index >= 15 is 0 Å². The number of ketones is 2. The first-order chi connectivity index (χ1) is 28.5. The molecule has 10 N–H and O–H groups in total. The Balaban J connectivity index is 3.14. The summed E-state index contributed by atoms with van der Waals surface area (Å²) in [5.41, 5.74) is 16.4. The van der Waals surface area contributed by atoms with Gasteiger partial charge in [-0.3, -0.25) is 25.0 Å². The van der Waals surface area contributed by atoms with Crippen LogP contribution >= 0.6 is 0 Å². The van der Waals surface area contributed by atoms with Crippen LogP contribution in [0, 0.1) is 5.41 Å². The van der Waals surface area contributed by atoms with Crippen LogP contribution in [-0.4, -0.2) is 103 Å². The van der Waals surface area contributed by atoms with E-state index < -0.39 is 46.8 Å². The normalized spacial score (nSPS) is 18.2. The number of hydrogen-bond donors (Lipinski definition) is 7. The van der Waals surface area contributed by atoms with E-state index in [1.165, 1.54) is 6.92 Å². The van der Waals surface area contributed by atoms with Gasteiger partial charge < -0.3 is 42.0 Å². The van der Waals surface area contributed by atoms with E-state index in [2.05, 4.69) is 39.9 Å². The average Bonchev–Trinajstić information content (AvgIpc) is 3.47. The number of Topliss-reactive ketones (excluding diaryl/α,β-unsaturated/α-hetero) is 2. The van der Waals surface area contributed by atoms with Crippen molar-refractivity contribution in [1.29, 1.82) is 0 Å². The van der Waals surface area contributed by atoms with Crippen LogP contribution in [0.1, 0.15) is 172 Å². The van der Waals surface area contributed by atoms with Gasteiger partial charge in [-0.05, 0) is 145 Å². The molecule has 1 rings (SSSR count). The zero-order valence-electron chi connectivity index (χ0n) is 40.2. The van der Waals surface area contributed by atoms with Crippen molar-refractivity contribution in [2.75, 3.05) is 33.4 Å². The van der Waals surface area contributed by atoms with E-state index in [1.54, 1.807) is 7.11 Å². The van der Waals surface area contributed by atoms with Crippen LogP contribution in [0.15, 0.2) is 11.1 Å². The summed E-state index contributed by atoms with van der Waals surface area (Å²) in [6, 6.07) is -1.26. The number of cyclic esters (lactones) is 2. The zero-order chi connectivity index (χ0) is 46.7. The molecule has 15 heteroatoms. The predicted molar refractivity (Wildman–Crippen MR) is 242 cm³/mol. The number of nitrogens with one attached hydrogen (secondary N) is 4. The molecule has 0 aromatic carbocycles. The summed E-state index contributed by atoms with van der Waals surface area (Å²) in [5, 5.41) is 13.4. The van der Waals surface area contributed by atoms with Crippen LogP contribution in [0.4, 0.5) is 0 Å². The van der Waals surface area contributed by atoms with E-state index in [1.807, 2.05) is 55.4 Å². The molecule has 15 nitrogen and oxygen atoms in total. The second-order valence-electron chi connectivity index (χ2n) is 18.6. The zero-order valence-corrected chi connectivity index (χ0v) is 40.2. The first-order valence-electron chi connectivity index (χ1n) is 23.0. The number of ether oxygens (including phenoxy) is 3. The highest BCUT2D eigenvalue weighted by atomic mass is 16.6. The molecule has 1 aliphatic rings. The van der Waals surface area contributed by atoms with Crippen LogP contribution < -0.4 is 38.5 Å². The number of nitrogens with two attached hydrogens (primary N) is 3. The molecule has 6 unspecified atom stereocenters. The van der Waals surface area contributed by atoms with Crippen molar-refractivity contribution in [2.24, 2.45) is 22.6 Å². The van der Waals surface area contributed by atoms with E-state index in [-0.39, 0.29) is 52.7 Å². The second kappa shape index (κ2) is 26.2. The molecule has 0 bridgehead atoms. The topological polar surface area (TPSA) is 239 Å². The average molecular weight is 866 g/mol. The van der Waals surface area contributed by atoms with Gasteiger partial charge >= 0.3 is 11.9 Å². The summed E-state index contributed by atoms with van der Waals surface area (Å²) < 4.78 is 16.4. The van der Waals surface area contributed by atoms with Crippen LogP contribution in [0.5, 0.6) is 0 Å². The molecule has 0 spiro atoms. The number of hydrogen-bond acceptors (Lipinski definition) is 14. The summed E-state index contributed by atoms with van der Waals surface area (Å²) in [5.74, 6) is -1.69. The third-order valence-corrected chi connectivity index (χ3v) is 13.2. The summed E-state index contributed by atoms with van der Waals surface area (Å²) >= 11 is 0. The van der Waals surface area contributed by atoms with E-state index in [0.29, 0.717) is 77.6 Å². The van der Waals surface area contributed by atoms with Crippen molar-refractivity contribution in [3.63, 3.8) is 0 Å². The summed E-state index contributed by atoms with van der Waals surface area (Å²) in [4.78, 5) is 65.6. The van der Waals surface area contributed by atoms with Crippen LogP contribution in [0.25, 0.3) is 0 Å². The maximum absolute atomic E-state index is 14.9. The third kappa shape index (κ3) is 17.5. The van der Waals surface area contributed by atoms with Gasteiger partial charge in [0.2, 0.25) is 5.91 Å². The number of methoxy groups -OCH3 is 1. The number of esters is 2. The van der Waals surface area contributed by atoms with Crippen molar-refractivity contribution in [3.05, 3.63) is 11.1 Å². The van der Waals surface area contributed by atoms with Crippen molar-refractivity contribution < 1.29 is 38.2 Å². The van der Waals surface area contributed by atoms with Gasteiger partial charge in [0.05, 0.1) is 52.7 Å². The molecule has 354 valence electrons. The van der Waals surface area contributed by atoms with Gasteiger partial charge in [0, 0.05) is 31.2 Å². The van der Waals surface area contributed by atoms with E-state index in [4.69, 9.17) is 26.7 Å². The summed E-state index contributed by atoms with van der Waals surface area (Å²) in [7, 11) is 1.71. The fourth-order valence-corrected chi connectivity index (χ4v) is 7.70. The lowest BCUT2D eigenvalue weighted by Crippen LogP contribution is -2.72. The molecule has 6 atom stereocenters. The van der Waals surface area contributed by atoms with Crippen LogP contribution in [0.3, 0.4) is 0 Å². The largest absolute Gasteiger partial charge is 0.386 e. The molecular weight excluding hydrogens is 779 g/mol. The third-order valence-electron chi connectivity index (χ3n) is 13.2. The standard InChI is InChI=1S/C46H87N7O8/c1-13-36(48)52-34(22-18-20-29-50-37(54)25-24-33-32(5)40(57)61-41(33)58)38(55)44(10,14-2)46(49,16-4)53-35(23-17-19-28-47)39(56)45(11,15-3)51-30-21-26-43(8,9)60-31-27-42(6,7)59-12/h34-36,51-53H,13-31,47-49H2,1-12H3,(H,50,54). The van der Waals surface area contributed by atoms with Gasteiger partial charge in [0.25, 0.3) is 0 Å². The first kappa shape index (κ1) is 56.4. The highest BCUT2D eigenvalue weighted by Crippen LogP contribution is 2.38. The smallest absolute Gasteiger partial charge is 0.342 e. The number of carbonyl (C=O) groups excluding carboxylic acids is 5. The van der Waals surface area contributed by atoms with Crippen LogP contribution in [0.2, 0.25) is 0 Å². The Kier molecular flexibility index (Phi) is 24.2. The number of carbonyl (C=O) groups is 5. The van der Waals surface area contributed by atoms with Gasteiger partial charge in [0.1, 0.15) is 0 Å². The monoisotopic (exact) mass is 866 g/mol. The molecule has 0 saturated carbocycles. The lowest BCUT2D eigenvalue weighted by molar-refractivity contribution is -0.151. The minimum absolute atomic E-state index is 0.00626. The van der Waals surface area contributed by atoms with Crippen LogP contribution in [-0.2, 0) is 38.2 Å². The van der Waals surface area contributed by atoms with Crippen molar-refractivity contribution in [3.8, 4) is 0 Å². The Labute approximate surface area is 368 Å². The molecule has 0 aromatic rings. The lowest BCUT2D eigenvalue weighted by atomic mass is 9.67. The van der Waals surface area contributed by atoms with Gasteiger partial charge in [-0.15, -0.1) is 0 Å². The Hall–Kier alpha value is -2.63. The van der Waals surface area contributed by atoms with Crippen molar-refractivity contribution in [1.82, 2.24) is 21.3 Å². The molecule has 1 heterocycles. The molecule has 61 heavy (non-hydrogen) atoms. The Morgan fingerprint density at radius 1 is 0.787 bits per heavy atom. The summed E-state index contributed by atoms with van der Waals surface area (Å²) in [6.07, 6.45) is 7.79. The molecule has 0 aliphatic carbocycles. The maximum Gasteiger partial charge on any atom is 0.342 e. The van der Waals surface area contributed by atoms with Gasteiger partial charge in [-0.1, -0.05) is 34.1 Å². The minimum atomic E-state index is -1.25. The molecule has 0 fully saturated rings. The second-order valence-corrected chi connectivity index (χ2v) is 18.6. The Morgan fingerprint density at radius 3 is 1.97 bits per heavy atom. The lowest BCUT2D eigenvalue weighted by Gasteiger charge is -2.49. The molecule has 0 saturated heterocycles. The van der Waals surface area contributed by atoms with Gasteiger partial charge in [-0.25, -0.2) is 9.59 Å². The quantitative estimate of drug-likeness (QED) is 0.0193. The molecular formula is C46H87N7O8. The Bertz CT molecular complexity index is 1450. The fraction of sp³-hybridized carbons (Fsp3) is 0.848. The number of unbranched alkanes of at least 4 members (excludes halogenated alkanes) is 2.